The molecule has 108 valence electrons. The zero-order valence-corrected chi connectivity index (χ0v) is 12.4. The molecule has 2 aromatic carbocycles. The maximum absolute atomic E-state index is 10.9. The van der Waals surface area contributed by atoms with E-state index in [9.17, 15) is 10.1 Å². The lowest BCUT2D eigenvalue weighted by Gasteiger charge is -2.20. The Morgan fingerprint density at radius 1 is 1.33 bits per heavy atom. The summed E-state index contributed by atoms with van der Waals surface area (Å²) in [6.45, 7) is 3.67. The molecule has 0 saturated heterocycles. The highest BCUT2D eigenvalue weighted by Crippen LogP contribution is 2.39. The van der Waals surface area contributed by atoms with E-state index in [4.69, 9.17) is 11.6 Å². The van der Waals surface area contributed by atoms with Crippen LogP contribution in [0.1, 0.15) is 16.7 Å². The standard InChI is InChI=1S/C16H15ClN2O2/c1-11-3-2-4-12(7-11)10-18-6-5-13-8-14(19(20)21)9-15(17)16(13)18/h2-4,7-9H,5-6,10H2,1H3. The van der Waals surface area contributed by atoms with E-state index in [1.807, 2.05) is 6.07 Å². The Morgan fingerprint density at radius 2 is 2.14 bits per heavy atom. The van der Waals surface area contributed by atoms with E-state index in [-0.39, 0.29) is 5.69 Å². The number of halogens is 1. The van der Waals surface area contributed by atoms with Gasteiger partial charge in [0.2, 0.25) is 0 Å². The van der Waals surface area contributed by atoms with Crippen LogP contribution in [0.25, 0.3) is 0 Å². The number of hydrogen-bond acceptors (Lipinski definition) is 3. The Morgan fingerprint density at radius 3 is 2.86 bits per heavy atom. The van der Waals surface area contributed by atoms with E-state index >= 15 is 0 Å². The van der Waals surface area contributed by atoms with Crippen molar-refractivity contribution in [3.05, 3.63) is 68.2 Å². The van der Waals surface area contributed by atoms with Gasteiger partial charge in [-0.05, 0) is 24.5 Å². The first-order valence-electron chi connectivity index (χ1n) is 6.82. The molecule has 1 heterocycles. The molecule has 21 heavy (non-hydrogen) atoms. The van der Waals surface area contributed by atoms with Crippen molar-refractivity contribution in [2.45, 2.75) is 19.9 Å². The number of nitro benzene ring substituents is 1. The van der Waals surface area contributed by atoms with Crippen LogP contribution < -0.4 is 4.90 Å². The molecule has 0 aliphatic carbocycles. The maximum Gasteiger partial charge on any atom is 0.271 e. The van der Waals surface area contributed by atoms with Gasteiger partial charge < -0.3 is 4.90 Å². The second-order valence-electron chi connectivity index (χ2n) is 5.35. The second-order valence-corrected chi connectivity index (χ2v) is 5.76. The van der Waals surface area contributed by atoms with Crippen molar-refractivity contribution in [3.63, 3.8) is 0 Å². The van der Waals surface area contributed by atoms with Gasteiger partial charge >= 0.3 is 0 Å². The molecule has 0 bridgehead atoms. The molecule has 0 spiro atoms. The van der Waals surface area contributed by atoms with E-state index in [0.29, 0.717) is 5.02 Å². The molecule has 0 N–H and O–H groups in total. The van der Waals surface area contributed by atoms with Gasteiger partial charge in [-0.2, -0.15) is 0 Å². The number of fused-ring (bicyclic) bond motifs is 1. The number of nitro groups is 1. The normalized spacial score (nSPS) is 13.3. The first-order valence-corrected chi connectivity index (χ1v) is 7.19. The minimum Gasteiger partial charge on any atom is -0.365 e. The van der Waals surface area contributed by atoms with Gasteiger partial charge in [-0.25, -0.2) is 0 Å². The first kappa shape index (κ1) is 13.9. The van der Waals surface area contributed by atoms with Crippen molar-refractivity contribution in [2.24, 2.45) is 0 Å². The Bertz CT molecular complexity index is 715. The quantitative estimate of drug-likeness (QED) is 0.633. The van der Waals surface area contributed by atoms with Crippen molar-refractivity contribution >= 4 is 23.0 Å². The van der Waals surface area contributed by atoms with Gasteiger partial charge in [0.05, 0.1) is 15.6 Å². The largest absolute Gasteiger partial charge is 0.365 e. The maximum atomic E-state index is 10.9. The average Bonchev–Trinajstić information content (AvgIpc) is 2.82. The van der Waals surface area contributed by atoms with Gasteiger partial charge in [0.1, 0.15) is 0 Å². The Balaban J connectivity index is 1.92. The van der Waals surface area contributed by atoms with Crippen molar-refractivity contribution in [1.82, 2.24) is 0 Å². The lowest BCUT2D eigenvalue weighted by atomic mass is 10.1. The molecule has 0 saturated carbocycles. The lowest BCUT2D eigenvalue weighted by Crippen LogP contribution is -2.20. The Hall–Kier alpha value is -2.07. The fourth-order valence-corrected chi connectivity index (χ4v) is 3.20. The summed E-state index contributed by atoms with van der Waals surface area (Å²) >= 11 is 6.26. The molecule has 0 aromatic heterocycles. The van der Waals surface area contributed by atoms with Gasteiger partial charge in [-0.3, -0.25) is 10.1 Å². The van der Waals surface area contributed by atoms with Gasteiger partial charge in [-0.1, -0.05) is 41.4 Å². The topological polar surface area (TPSA) is 46.4 Å². The zero-order chi connectivity index (χ0) is 15.0. The van der Waals surface area contributed by atoms with Gasteiger partial charge in [0.25, 0.3) is 5.69 Å². The van der Waals surface area contributed by atoms with Crippen LogP contribution in [0, 0.1) is 17.0 Å². The number of nitrogens with zero attached hydrogens (tertiary/aromatic N) is 2. The van der Waals surface area contributed by atoms with Crippen LogP contribution in [-0.4, -0.2) is 11.5 Å². The molecule has 0 atom stereocenters. The van der Waals surface area contributed by atoms with Crippen LogP contribution in [-0.2, 0) is 13.0 Å². The van der Waals surface area contributed by atoms with Gasteiger partial charge in [-0.15, -0.1) is 0 Å². The van der Waals surface area contributed by atoms with Gasteiger partial charge in [0.15, 0.2) is 0 Å². The van der Waals surface area contributed by atoms with Crippen LogP contribution in [0.4, 0.5) is 11.4 Å². The molecule has 0 amide bonds. The Labute approximate surface area is 128 Å². The molecule has 1 aliphatic rings. The monoisotopic (exact) mass is 302 g/mol. The predicted octanol–water partition coefficient (Wildman–Crippen LogP) is 4.12. The number of non-ortho nitro benzene ring substituents is 1. The summed E-state index contributed by atoms with van der Waals surface area (Å²) in [5, 5.41) is 11.4. The predicted molar refractivity (Wildman–Crippen MR) is 84.0 cm³/mol. The minimum atomic E-state index is -0.393. The van der Waals surface area contributed by atoms with Crippen LogP contribution in [0.2, 0.25) is 5.02 Å². The number of anilines is 1. The molecule has 0 unspecified atom stereocenters. The lowest BCUT2D eigenvalue weighted by molar-refractivity contribution is -0.384. The third kappa shape index (κ3) is 2.72. The van der Waals surface area contributed by atoms with Crippen LogP contribution in [0.5, 0.6) is 0 Å². The second kappa shape index (κ2) is 5.37. The fourth-order valence-electron chi connectivity index (χ4n) is 2.85. The highest BCUT2D eigenvalue weighted by Gasteiger charge is 2.25. The summed E-state index contributed by atoms with van der Waals surface area (Å²) in [5.74, 6) is 0. The smallest absolute Gasteiger partial charge is 0.271 e. The molecule has 4 nitrogen and oxygen atoms in total. The first-order chi connectivity index (χ1) is 10.0. The highest BCUT2D eigenvalue weighted by atomic mass is 35.5. The number of aryl methyl sites for hydroxylation is 1. The summed E-state index contributed by atoms with van der Waals surface area (Å²) in [6.07, 6.45) is 0.794. The minimum absolute atomic E-state index is 0.0659. The molecule has 1 aliphatic heterocycles. The van der Waals surface area contributed by atoms with Crippen LogP contribution >= 0.6 is 11.6 Å². The summed E-state index contributed by atoms with van der Waals surface area (Å²) in [5.41, 5.74) is 4.40. The molecule has 2 aromatic rings. The van der Waals surface area contributed by atoms with Crippen molar-refractivity contribution < 1.29 is 4.92 Å². The Kier molecular flexibility index (Phi) is 3.55. The molecule has 3 rings (SSSR count). The molecule has 5 heteroatoms. The molecule has 0 fully saturated rings. The fraction of sp³-hybridized carbons (Fsp3) is 0.250. The zero-order valence-electron chi connectivity index (χ0n) is 11.7. The highest BCUT2D eigenvalue weighted by molar-refractivity contribution is 6.33. The average molecular weight is 303 g/mol. The third-order valence-corrected chi connectivity index (χ3v) is 4.05. The molecule has 0 radical (unpaired) electrons. The van der Waals surface area contributed by atoms with Crippen molar-refractivity contribution in [3.8, 4) is 0 Å². The van der Waals surface area contributed by atoms with Crippen molar-refractivity contribution in [1.29, 1.82) is 0 Å². The third-order valence-electron chi connectivity index (χ3n) is 3.76. The van der Waals surface area contributed by atoms with E-state index in [1.54, 1.807) is 6.07 Å². The SMILES string of the molecule is Cc1cccc(CN2CCc3cc([N+](=O)[O-])cc(Cl)c32)c1. The summed E-state index contributed by atoms with van der Waals surface area (Å²) in [7, 11) is 0. The number of benzene rings is 2. The van der Waals surface area contributed by atoms with E-state index in [2.05, 4.69) is 30.0 Å². The van der Waals surface area contributed by atoms with E-state index in [1.165, 1.54) is 17.2 Å². The van der Waals surface area contributed by atoms with E-state index < -0.39 is 4.92 Å². The van der Waals surface area contributed by atoms with Crippen molar-refractivity contribution in [2.75, 3.05) is 11.4 Å². The van der Waals surface area contributed by atoms with Crippen LogP contribution in [0.15, 0.2) is 36.4 Å². The van der Waals surface area contributed by atoms with Gasteiger partial charge in [0, 0.05) is 25.2 Å². The molecular weight excluding hydrogens is 288 g/mol. The summed E-state index contributed by atoms with van der Waals surface area (Å²) in [4.78, 5) is 12.7. The number of hydrogen-bond donors (Lipinski definition) is 0. The summed E-state index contributed by atoms with van der Waals surface area (Å²) in [6, 6.07) is 11.4. The summed E-state index contributed by atoms with van der Waals surface area (Å²) < 4.78 is 0. The van der Waals surface area contributed by atoms with E-state index in [0.717, 1.165) is 30.8 Å². The van der Waals surface area contributed by atoms with Crippen LogP contribution in [0.3, 0.4) is 0 Å². The molecular formula is C16H15ClN2O2. The number of rotatable bonds is 3.